The number of nitrogen functional groups attached to an aromatic ring is 4. The quantitative estimate of drug-likeness (QED) is 0.184. The van der Waals surface area contributed by atoms with Crippen LogP contribution in [-0.2, 0) is 0 Å². The maximum Gasteiger partial charge on any atom is 0.169 e. The summed E-state index contributed by atoms with van der Waals surface area (Å²) in [7, 11) is 0. The van der Waals surface area contributed by atoms with Gasteiger partial charge in [-0.1, -0.05) is 24.3 Å². The summed E-state index contributed by atoms with van der Waals surface area (Å²) in [6.07, 6.45) is 7.15. The Kier molecular flexibility index (Phi) is 23.3. The summed E-state index contributed by atoms with van der Waals surface area (Å²) in [4.78, 5) is 26.0. The topological polar surface area (TPSA) is 339 Å². The average molecular weight is 535 g/mol. The monoisotopic (exact) mass is 534 g/mol. The molecule has 0 spiro atoms. The molecule has 14 nitrogen and oxygen atoms in total. The van der Waals surface area contributed by atoms with Gasteiger partial charge in [0.1, 0.15) is 0 Å². The zero-order chi connectivity index (χ0) is 25.3. The van der Waals surface area contributed by atoms with E-state index in [1.54, 1.807) is 49.1 Å². The number of carboxylic acid groups (broad SMARTS) is 2. The molecule has 0 atom stereocenters. The zero-order valence-corrected chi connectivity index (χ0v) is 20.2. The van der Waals surface area contributed by atoms with E-state index in [0.717, 1.165) is 11.4 Å². The predicted octanol–water partition coefficient (Wildman–Crippen LogP) is -3.87. The van der Waals surface area contributed by atoms with Gasteiger partial charge >= 0.3 is 0 Å². The lowest BCUT2D eigenvalue weighted by Crippen LogP contribution is -2.21. The van der Waals surface area contributed by atoms with E-state index < -0.39 is 11.9 Å². The number of benzene rings is 2. The fourth-order valence-electron chi connectivity index (χ4n) is 2.04. The minimum Gasteiger partial charge on any atom is -0.545 e. The highest BCUT2D eigenvalue weighted by Crippen LogP contribution is 2.04. The summed E-state index contributed by atoms with van der Waals surface area (Å²) >= 11 is 0. The van der Waals surface area contributed by atoms with Crippen molar-refractivity contribution in [3.05, 3.63) is 109 Å². The Bertz CT molecular complexity index is 1040. The largest absolute Gasteiger partial charge is 0.545 e. The van der Waals surface area contributed by atoms with E-state index in [2.05, 4.69) is 9.97 Å². The molecule has 0 fully saturated rings. The molecule has 18 N–H and O–H groups in total. The molecule has 0 saturated heterocycles. The number of hydrogen-bond acceptors (Lipinski definition) is 8. The van der Waals surface area contributed by atoms with Crippen molar-refractivity contribution < 1.29 is 51.7 Å². The SMILES string of the molecule is Nc1cc[nH+]cc1.Nc1cc[nH+]cc1.Nc1ccc(C(=O)[O-])cc1.Nc1ccc(C(=O)[O-])cc1.O.O.O.O. The first-order valence-corrected chi connectivity index (χ1v) is 9.76. The molecule has 14 heteroatoms. The number of hydrogen-bond donors (Lipinski definition) is 4. The van der Waals surface area contributed by atoms with Gasteiger partial charge in [-0.15, -0.1) is 0 Å². The van der Waals surface area contributed by atoms with Crippen molar-refractivity contribution in [1.29, 1.82) is 0 Å². The number of rotatable bonds is 2. The summed E-state index contributed by atoms with van der Waals surface area (Å²) in [6, 6.07) is 18.9. The van der Waals surface area contributed by atoms with Gasteiger partial charge in [0.05, 0.1) is 11.9 Å². The fraction of sp³-hybridized carbons (Fsp3) is 0. The molecule has 208 valence electrons. The van der Waals surface area contributed by atoms with Gasteiger partial charge < -0.3 is 64.6 Å². The number of carbonyl (C=O) groups is 2. The van der Waals surface area contributed by atoms with E-state index in [-0.39, 0.29) is 33.0 Å². The molecule has 0 unspecified atom stereocenters. The van der Waals surface area contributed by atoms with Crippen molar-refractivity contribution in [3.63, 3.8) is 0 Å². The number of aromatic nitrogens is 2. The number of H-pyrrole nitrogens is 2. The van der Waals surface area contributed by atoms with E-state index in [1.165, 1.54) is 48.5 Å². The number of nitrogens with two attached hydrogens (primary N) is 4. The van der Waals surface area contributed by atoms with Crippen molar-refractivity contribution in [2.45, 2.75) is 0 Å². The number of carbonyl (C=O) groups excluding carboxylic acids is 2. The van der Waals surface area contributed by atoms with Crippen LogP contribution >= 0.6 is 0 Å². The average Bonchev–Trinajstić information content (AvgIpc) is 2.82. The van der Waals surface area contributed by atoms with Gasteiger partial charge in [-0.3, -0.25) is 0 Å². The lowest BCUT2D eigenvalue weighted by molar-refractivity contribution is -0.378. The second-order valence-electron chi connectivity index (χ2n) is 6.49. The van der Waals surface area contributed by atoms with Gasteiger partial charge in [0, 0.05) is 47.0 Å². The van der Waals surface area contributed by atoms with Gasteiger partial charge in [-0.2, -0.15) is 0 Å². The summed E-state index contributed by atoms with van der Waals surface area (Å²) in [5, 5.41) is 20.3. The molecule has 0 amide bonds. The van der Waals surface area contributed by atoms with E-state index >= 15 is 0 Å². The fourth-order valence-corrected chi connectivity index (χ4v) is 2.04. The van der Waals surface area contributed by atoms with Crippen LogP contribution < -0.4 is 43.1 Å². The number of anilines is 4. The molecule has 4 rings (SSSR count). The summed E-state index contributed by atoms with van der Waals surface area (Å²) < 4.78 is 0. The molecule has 0 aliphatic heterocycles. The Labute approximate surface area is 218 Å². The van der Waals surface area contributed by atoms with Gasteiger partial charge in [-0.05, 0) is 35.4 Å². The second-order valence-corrected chi connectivity index (χ2v) is 6.49. The standard InChI is InChI=1S/2C7H7NO2.2C5H6N2.4H2O/c2*8-6-3-1-5(2-4-6)7(9)10;2*6-5-1-3-7-4-2-5;;;;/h2*1-4H,8H2,(H,9,10);2*1-4H,(H2,6,7);4*1H2. The van der Waals surface area contributed by atoms with Crippen molar-refractivity contribution in [2.75, 3.05) is 22.9 Å². The lowest BCUT2D eigenvalue weighted by atomic mass is 10.2. The van der Waals surface area contributed by atoms with Crippen molar-refractivity contribution in [1.82, 2.24) is 0 Å². The number of aromatic amines is 2. The number of pyridine rings is 2. The molecule has 0 radical (unpaired) electrons. The molecule has 0 aliphatic rings. The highest BCUT2D eigenvalue weighted by atomic mass is 16.4. The van der Waals surface area contributed by atoms with E-state index in [0.29, 0.717) is 11.4 Å². The third-order valence-electron chi connectivity index (χ3n) is 3.78. The molecule has 4 aromatic rings. The molecule has 2 heterocycles. The molecule has 2 aromatic heterocycles. The maximum absolute atomic E-state index is 10.2. The minimum atomic E-state index is -1.18. The smallest absolute Gasteiger partial charge is 0.169 e. The maximum atomic E-state index is 10.2. The van der Waals surface area contributed by atoms with Crippen LogP contribution in [0.5, 0.6) is 0 Å². The Hall–Kier alpha value is -5.28. The van der Waals surface area contributed by atoms with Crippen LogP contribution in [0.25, 0.3) is 0 Å². The van der Waals surface area contributed by atoms with Gasteiger partial charge in [0.25, 0.3) is 0 Å². The highest BCUT2D eigenvalue weighted by molar-refractivity contribution is 5.86. The minimum absolute atomic E-state index is 0. The van der Waals surface area contributed by atoms with Crippen LogP contribution in [0.4, 0.5) is 22.7 Å². The summed E-state index contributed by atoms with van der Waals surface area (Å²) in [5.74, 6) is -2.36. The number of carboxylic acids is 2. The summed E-state index contributed by atoms with van der Waals surface area (Å²) in [5.41, 5.74) is 24.3. The molecule has 0 aliphatic carbocycles. The molecule has 2 aromatic carbocycles. The third kappa shape index (κ3) is 18.1. The third-order valence-corrected chi connectivity index (χ3v) is 3.78. The van der Waals surface area contributed by atoms with Crippen LogP contribution in [0, 0.1) is 0 Å². The Balaban J connectivity index is -0.000000198. The van der Waals surface area contributed by atoms with Crippen LogP contribution in [0.1, 0.15) is 20.7 Å². The van der Waals surface area contributed by atoms with Gasteiger partial charge in [-0.25, -0.2) is 9.97 Å². The first kappa shape index (κ1) is 39.9. The van der Waals surface area contributed by atoms with Crippen molar-refractivity contribution in [2.24, 2.45) is 0 Å². The molecule has 0 saturated carbocycles. The van der Waals surface area contributed by atoms with E-state index in [9.17, 15) is 19.8 Å². The number of aromatic carboxylic acids is 2. The normalized spacial score (nSPS) is 8.00. The predicted molar refractivity (Wildman–Crippen MR) is 140 cm³/mol. The Morgan fingerprint density at radius 2 is 0.658 bits per heavy atom. The van der Waals surface area contributed by atoms with Crippen molar-refractivity contribution >= 4 is 34.7 Å². The number of nitrogens with one attached hydrogen (secondary N) is 2. The highest BCUT2D eigenvalue weighted by Gasteiger charge is 1.90. The van der Waals surface area contributed by atoms with E-state index in [1.807, 2.05) is 0 Å². The van der Waals surface area contributed by atoms with Crippen LogP contribution in [0.15, 0.2) is 97.6 Å². The zero-order valence-electron chi connectivity index (χ0n) is 20.2. The van der Waals surface area contributed by atoms with Crippen LogP contribution in [-0.4, -0.2) is 33.8 Å². The van der Waals surface area contributed by atoms with Crippen LogP contribution in [0.3, 0.4) is 0 Å². The molecule has 38 heavy (non-hydrogen) atoms. The Morgan fingerprint density at radius 3 is 0.816 bits per heavy atom. The first-order valence-electron chi connectivity index (χ1n) is 9.76. The molecule has 0 bridgehead atoms. The van der Waals surface area contributed by atoms with Crippen molar-refractivity contribution in [3.8, 4) is 0 Å². The van der Waals surface area contributed by atoms with Gasteiger partial charge in [0.15, 0.2) is 24.8 Å². The summed E-state index contributed by atoms with van der Waals surface area (Å²) in [6.45, 7) is 0. The van der Waals surface area contributed by atoms with E-state index in [4.69, 9.17) is 22.9 Å². The first-order chi connectivity index (χ1) is 16.2. The lowest BCUT2D eigenvalue weighted by Gasteiger charge is -2.00. The Morgan fingerprint density at radius 1 is 0.447 bits per heavy atom. The van der Waals surface area contributed by atoms with Crippen LogP contribution in [0.2, 0.25) is 0 Å². The molecular weight excluding hydrogens is 500 g/mol. The molecular formula is C24H34N6O8. The van der Waals surface area contributed by atoms with Gasteiger partial charge in [0.2, 0.25) is 0 Å². The second kappa shape index (κ2) is 22.2.